The van der Waals surface area contributed by atoms with Crippen LogP contribution in [0.25, 0.3) is 0 Å². The zero-order valence-electron chi connectivity index (χ0n) is 11.6. The van der Waals surface area contributed by atoms with Crippen molar-refractivity contribution in [2.75, 3.05) is 19.6 Å². The molecule has 0 radical (unpaired) electrons. The normalized spacial score (nSPS) is 20.6. The molecule has 2 aliphatic rings. The first kappa shape index (κ1) is 13.7. The molecule has 2 aliphatic heterocycles. The van der Waals surface area contributed by atoms with Gasteiger partial charge in [-0.1, -0.05) is 0 Å². The summed E-state index contributed by atoms with van der Waals surface area (Å²) in [6.45, 7) is 1.92. The van der Waals surface area contributed by atoms with Crippen LogP contribution < -0.4 is 5.32 Å². The zero-order chi connectivity index (χ0) is 15.0. The molecule has 0 saturated carbocycles. The Labute approximate surface area is 122 Å². The lowest BCUT2D eigenvalue weighted by Crippen LogP contribution is -2.44. The Morgan fingerprint density at radius 1 is 1.19 bits per heavy atom. The van der Waals surface area contributed by atoms with Gasteiger partial charge in [-0.3, -0.25) is 9.59 Å². The number of piperidine rings is 1. The zero-order valence-corrected chi connectivity index (χ0v) is 11.6. The van der Waals surface area contributed by atoms with Crippen LogP contribution in [-0.4, -0.2) is 46.6 Å². The molecular weight excluding hydrogens is 272 g/mol. The number of hydrogen-bond donors (Lipinski definition) is 3. The Bertz CT molecular complexity index is 591. The second kappa shape index (κ2) is 4.95. The molecule has 0 atom stereocenters. The van der Waals surface area contributed by atoms with Gasteiger partial charge in [-0.05, 0) is 36.5 Å². The molecule has 0 aromatic heterocycles. The van der Waals surface area contributed by atoms with Crippen LogP contribution in [0.4, 0.5) is 0 Å². The predicted molar refractivity (Wildman–Crippen MR) is 75.0 cm³/mol. The van der Waals surface area contributed by atoms with Crippen molar-refractivity contribution in [2.24, 2.45) is 5.41 Å². The molecule has 3 N–H and O–H groups in total. The molecule has 21 heavy (non-hydrogen) atoms. The summed E-state index contributed by atoms with van der Waals surface area (Å²) in [5.74, 6) is -0.588. The van der Waals surface area contributed by atoms with Crippen molar-refractivity contribution in [1.29, 1.82) is 0 Å². The Hall–Kier alpha value is -2.24. The van der Waals surface area contributed by atoms with E-state index in [1.54, 1.807) is 4.90 Å². The first-order valence-corrected chi connectivity index (χ1v) is 7.07. The summed E-state index contributed by atoms with van der Waals surface area (Å²) in [6, 6.07) is 4.10. The van der Waals surface area contributed by atoms with E-state index in [0.29, 0.717) is 31.6 Å². The fourth-order valence-electron chi connectivity index (χ4n) is 3.13. The van der Waals surface area contributed by atoms with Crippen LogP contribution in [0.1, 0.15) is 29.6 Å². The summed E-state index contributed by atoms with van der Waals surface area (Å²) in [5.41, 5.74) is 0.368. The Balaban J connectivity index is 1.67. The molecule has 2 fully saturated rings. The van der Waals surface area contributed by atoms with E-state index in [4.69, 9.17) is 0 Å². The predicted octanol–water partition coefficient (Wildman–Crippen LogP) is 0.840. The Kier molecular flexibility index (Phi) is 3.23. The number of phenolic OH excluding ortho intramolecular Hbond substituents is 2. The number of nitrogens with zero attached hydrogens (tertiary/aromatic N) is 1. The number of carbonyl (C=O) groups excluding carboxylic acids is 2. The van der Waals surface area contributed by atoms with Crippen LogP contribution in [0, 0.1) is 5.41 Å². The van der Waals surface area contributed by atoms with Gasteiger partial charge in [0.25, 0.3) is 5.91 Å². The molecule has 1 spiro atoms. The van der Waals surface area contributed by atoms with Gasteiger partial charge >= 0.3 is 0 Å². The smallest absolute Gasteiger partial charge is 0.253 e. The number of aromatic hydroxyl groups is 2. The molecule has 1 aromatic rings. The third kappa shape index (κ3) is 2.53. The molecule has 2 saturated heterocycles. The summed E-state index contributed by atoms with van der Waals surface area (Å²) in [4.78, 5) is 25.5. The summed E-state index contributed by atoms with van der Waals surface area (Å²) < 4.78 is 0. The van der Waals surface area contributed by atoms with Gasteiger partial charge in [-0.15, -0.1) is 0 Å². The Morgan fingerprint density at radius 2 is 1.90 bits per heavy atom. The maximum atomic E-state index is 12.4. The standard InChI is InChI=1S/C15H18N2O4/c18-11-2-1-10(7-12(11)19)14(21)17-5-3-15(4-6-17)8-13(20)16-9-15/h1-2,7,18-19H,3-6,8-9H2,(H,16,20). The molecule has 0 bridgehead atoms. The summed E-state index contributed by atoms with van der Waals surface area (Å²) >= 11 is 0. The molecule has 2 amide bonds. The van der Waals surface area contributed by atoms with Gasteiger partial charge < -0.3 is 20.4 Å². The highest BCUT2D eigenvalue weighted by atomic mass is 16.3. The van der Waals surface area contributed by atoms with E-state index in [2.05, 4.69) is 5.32 Å². The largest absolute Gasteiger partial charge is 0.504 e. The first-order valence-electron chi connectivity index (χ1n) is 7.07. The van der Waals surface area contributed by atoms with E-state index in [1.165, 1.54) is 18.2 Å². The minimum atomic E-state index is -0.292. The number of benzene rings is 1. The average molecular weight is 290 g/mol. The fourth-order valence-corrected chi connectivity index (χ4v) is 3.13. The Morgan fingerprint density at radius 3 is 2.48 bits per heavy atom. The van der Waals surface area contributed by atoms with Crippen molar-refractivity contribution in [1.82, 2.24) is 10.2 Å². The number of likely N-dealkylation sites (tertiary alicyclic amines) is 1. The van der Waals surface area contributed by atoms with Crippen molar-refractivity contribution in [3.05, 3.63) is 23.8 Å². The average Bonchev–Trinajstić information content (AvgIpc) is 2.83. The van der Waals surface area contributed by atoms with E-state index in [-0.39, 0.29) is 28.7 Å². The molecule has 0 unspecified atom stereocenters. The molecule has 6 heteroatoms. The fraction of sp³-hybridized carbons (Fsp3) is 0.467. The van der Waals surface area contributed by atoms with Gasteiger partial charge in [0.1, 0.15) is 0 Å². The molecule has 112 valence electrons. The second-order valence-corrected chi connectivity index (χ2v) is 5.95. The minimum Gasteiger partial charge on any atom is -0.504 e. The number of phenols is 2. The summed E-state index contributed by atoms with van der Waals surface area (Å²) in [6.07, 6.45) is 2.16. The number of hydrogen-bond acceptors (Lipinski definition) is 4. The van der Waals surface area contributed by atoms with Crippen LogP contribution in [0.15, 0.2) is 18.2 Å². The highest BCUT2D eigenvalue weighted by Gasteiger charge is 2.41. The maximum Gasteiger partial charge on any atom is 0.253 e. The van der Waals surface area contributed by atoms with E-state index in [0.717, 1.165) is 12.8 Å². The van der Waals surface area contributed by atoms with E-state index in [1.807, 2.05) is 0 Å². The van der Waals surface area contributed by atoms with Crippen LogP contribution in [0.5, 0.6) is 11.5 Å². The van der Waals surface area contributed by atoms with Gasteiger partial charge in [-0.2, -0.15) is 0 Å². The highest BCUT2D eigenvalue weighted by molar-refractivity contribution is 5.95. The third-order valence-corrected chi connectivity index (χ3v) is 4.53. The lowest BCUT2D eigenvalue weighted by atomic mass is 9.77. The lowest BCUT2D eigenvalue weighted by Gasteiger charge is -2.38. The summed E-state index contributed by atoms with van der Waals surface area (Å²) in [5, 5.41) is 21.6. The van der Waals surface area contributed by atoms with Gasteiger partial charge in [0.2, 0.25) is 5.91 Å². The van der Waals surface area contributed by atoms with Gasteiger partial charge in [0.15, 0.2) is 11.5 Å². The van der Waals surface area contributed by atoms with Crippen molar-refractivity contribution in [2.45, 2.75) is 19.3 Å². The summed E-state index contributed by atoms with van der Waals surface area (Å²) in [7, 11) is 0. The van der Waals surface area contributed by atoms with Crippen molar-refractivity contribution in [3.63, 3.8) is 0 Å². The third-order valence-electron chi connectivity index (χ3n) is 4.53. The van der Waals surface area contributed by atoms with Gasteiger partial charge in [0.05, 0.1) is 0 Å². The maximum absolute atomic E-state index is 12.4. The first-order chi connectivity index (χ1) is 9.99. The number of carbonyl (C=O) groups is 2. The second-order valence-electron chi connectivity index (χ2n) is 5.95. The highest BCUT2D eigenvalue weighted by Crippen LogP contribution is 2.38. The van der Waals surface area contributed by atoms with E-state index < -0.39 is 0 Å². The topological polar surface area (TPSA) is 89.9 Å². The molecule has 3 rings (SSSR count). The van der Waals surface area contributed by atoms with Crippen LogP contribution in [0.2, 0.25) is 0 Å². The van der Waals surface area contributed by atoms with Crippen LogP contribution >= 0.6 is 0 Å². The minimum absolute atomic E-state index is 0.00492. The molecule has 0 aliphatic carbocycles. The number of nitrogens with one attached hydrogen (secondary N) is 1. The van der Waals surface area contributed by atoms with Crippen molar-refractivity contribution >= 4 is 11.8 Å². The quantitative estimate of drug-likeness (QED) is 0.669. The van der Waals surface area contributed by atoms with Gasteiger partial charge in [0, 0.05) is 31.6 Å². The van der Waals surface area contributed by atoms with Crippen LogP contribution in [-0.2, 0) is 4.79 Å². The molecule has 6 nitrogen and oxygen atoms in total. The molecular formula is C15H18N2O4. The molecule has 2 heterocycles. The lowest BCUT2D eigenvalue weighted by molar-refractivity contribution is -0.119. The monoisotopic (exact) mass is 290 g/mol. The molecule has 1 aromatic carbocycles. The van der Waals surface area contributed by atoms with Crippen molar-refractivity contribution < 1.29 is 19.8 Å². The SMILES string of the molecule is O=C1CC2(CCN(C(=O)c3ccc(O)c(O)c3)CC2)CN1. The van der Waals surface area contributed by atoms with Gasteiger partial charge in [-0.25, -0.2) is 0 Å². The number of amides is 2. The van der Waals surface area contributed by atoms with E-state index in [9.17, 15) is 19.8 Å². The number of rotatable bonds is 1. The van der Waals surface area contributed by atoms with Crippen molar-refractivity contribution in [3.8, 4) is 11.5 Å². The van der Waals surface area contributed by atoms with Crippen LogP contribution in [0.3, 0.4) is 0 Å². The van der Waals surface area contributed by atoms with E-state index >= 15 is 0 Å².